The molecule has 0 atom stereocenters. The van der Waals surface area contributed by atoms with Crippen LogP contribution in [0.4, 0.5) is 11.4 Å². The monoisotopic (exact) mass is 474 g/mol. The van der Waals surface area contributed by atoms with E-state index in [1.54, 1.807) is 57.7 Å². The zero-order valence-electron chi connectivity index (χ0n) is 20.4. The number of hydrogen-bond donors (Lipinski definition) is 2. The third-order valence-electron chi connectivity index (χ3n) is 5.70. The highest BCUT2D eigenvalue weighted by Gasteiger charge is 2.23. The van der Waals surface area contributed by atoms with Crippen molar-refractivity contribution in [1.82, 2.24) is 9.13 Å². The highest BCUT2D eigenvalue weighted by molar-refractivity contribution is 6.01. The number of benzene rings is 2. The number of ether oxygens (including phenoxy) is 1. The Labute approximate surface area is 204 Å². The number of nitrogens with one attached hydrogen (secondary N) is 2. The van der Waals surface area contributed by atoms with Crippen molar-refractivity contribution >= 4 is 23.2 Å². The van der Waals surface area contributed by atoms with E-state index in [9.17, 15) is 9.59 Å². The zero-order valence-corrected chi connectivity index (χ0v) is 20.4. The second-order valence-electron chi connectivity index (χ2n) is 8.10. The fourth-order valence-corrected chi connectivity index (χ4v) is 3.86. The van der Waals surface area contributed by atoms with E-state index in [1.807, 2.05) is 61.9 Å². The van der Waals surface area contributed by atoms with E-state index in [4.69, 9.17) is 4.74 Å². The second-order valence-corrected chi connectivity index (χ2v) is 8.10. The molecule has 2 N–H and O–H groups in total. The summed E-state index contributed by atoms with van der Waals surface area (Å²) < 4.78 is 13.3. The summed E-state index contributed by atoms with van der Waals surface area (Å²) in [6.07, 6.45) is 7.47. The lowest BCUT2D eigenvalue weighted by atomic mass is 10.2. The van der Waals surface area contributed by atoms with Gasteiger partial charge in [0.1, 0.15) is 36.3 Å². The molecule has 4 aromatic rings. The topological polar surface area (TPSA) is 85.1 Å². The molecular formula is C26H30N6O3+2. The molecule has 0 fully saturated rings. The van der Waals surface area contributed by atoms with Crippen LogP contribution in [0.1, 0.15) is 35.1 Å². The fraction of sp³-hybridized carbons (Fsp3) is 0.231. The number of carbonyl (C=O) groups excluding carboxylic acids is 2. The SMILES string of the molecule is CCn1cc[n+](C)c1C(=O)Nc1ccc(Oc2ccc(NC(=O)c3n(CC)cc[n+]3C)cc2)cc1. The third kappa shape index (κ3) is 5.24. The number of hydrogen-bond acceptors (Lipinski definition) is 3. The van der Waals surface area contributed by atoms with Crippen molar-refractivity contribution in [2.45, 2.75) is 26.9 Å². The van der Waals surface area contributed by atoms with Gasteiger partial charge in [-0.15, -0.1) is 0 Å². The first-order valence-corrected chi connectivity index (χ1v) is 11.5. The van der Waals surface area contributed by atoms with Gasteiger partial charge in [0.2, 0.25) is 0 Å². The molecule has 0 unspecified atom stereocenters. The Kier molecular flexibility index (Phi) is 6.96. The van der Waals surface area contributed by atoms with Gasteiger partial charge in [-0.2, -0.15) is 0 Å². The number of aryl methyl sites for hydroxylation is 4. The van der Waals surface area contributed by atoms with Crippen LogP contribution in [0.25, 0.3) is 0 Å². The van der Waals surface area contributed by atoms with Crippen molar-refractivity contribution in [3.8, 4) is 11.5 Å². The minimum atomic E-state index is -0.176. The molecule has 0 aliphatic rings. The van der Waals surface area contributed by atoms with Crippen molar-refractivity contribution in [2.75, 3.05) is 10.6 Å². The number of anilines is 2. The first kappa shape index (κ1) is 23.7. The van der Waals surface area contributed by atoms with Crippen molar-refractivity contribution in [3.63, 3.8) is 0 Å². The summed E-state index contributed by atoms with van der Waals surface area (Å²) in [5, 5.41) is 5.84. The zero-order chi connectivity index (χ0) is 24.9. The smallest absolute Gasteiger partial charge is 0.348 e. The van der Waals surface area contributed by atoms with Crippen molar-refractivity contribution < 1.29 is 23.5 Å². The van der Waals surface area contributed by atoms with Crippen LogP contribution >= 0.6 is 0 Å². The van der Waals surface area contributed by atoms with E-state index in [1.165, 1.54) is 0 Å². The second kappa shape index (κ2) is 10.3. The normalized spacial score (nSPS) is 10.7. The lowest BCUT2D eigenvalue weighted by Gasteiger charge is -2.09. The molecule has 35 heavy (non-hydrogen) atoms. The molecule has 2 amide bonds. The van der Waals surface area contributed by atoms with Gasteiger partial charge in [0.15, 0.2) is 0 Å². The van der Waals surface area contributed by atoms with Gasteiger partial charge in [0.05, 0.1) is 27.2 Å². The van der Waals surface area contributed by atoms with E-state index < -0.39 is 0 Å². The van der Waals surface area contributed by atoms with E-state index in [0.29, 0.717) is 47.6 Å². The first-order chi connectivity index (χ1) is 16.9. The molecular weight excluding hydrogens is 444 g/mol. The maximum Gasteiger partial charge on any atom is 0.348 e. The molecule has 2 aromatic heterocycles. The molecule has 0 bridgehead atoms. The number of rotatable bonds is 8. The molecule has 0 saturated heterocycles. The summed E-state index contributed by atoms with van der Waals surface area (Å²) in [6, 6.07) is 14.4. The van der Waals surface area contributed by atoms with Crippen LogP contribution in [-0.2, 0) is 27.2 Å². The first-order valence-electron chi connectivity index (χ1n) is 11.5. The number of nitrogens with zero attached hydrogens (tertiary/aromatic N) is 4. The van der Waals surface area contributed by atoms with Gasteiger partial charge in [-0.25, -0.2) is 18.3 Å². The number of carbonyl (C=O) groups is 2. The Morgan fingerprint density at radius 1 is 0.714 bits per heavy atom. The van der Waals surface area contributed by atoms with Crippen LogP contribution < -0.4 is 24.5 Å². The summed E-state index contributed by atoms with van der Waals surface area (Å²) in [5.41, 5.74) is 1.35. The van der Waals surface area contributed by atoms with Gasteiger partial charge < -0.3 is 15.4 Å². The Morgan fingerprint density at radius 3 is 1.43 bits per heavy atom. The van der Waals surface area contributed by atoms with Crippen LogP contribution in [-0.4, -0.2) is 20.9 Å². The summed E-state index contributed by atoms with van der Waals surface area (Å²) in [4.78, 5) is 25.3. The maximum absolute atomic E-state index is 12.7. The highest BCUT2D eigenvalue weighted by atomic mass is 16.5. The summed E-state index contributed by atoms with van der Waals surface area (Å²) in [7, 11) is 3.69. The van der Waals surface area contributed by atoms with Gasteiger partial charge in [-0.05, 0) is 62.4 Å². The lowest BCUT2D eigenvalue weighted by Crippen LogP contribution is -2.37. The molecule has 0 saturated carbocycles. The minimum absolute atomic E-state index is 0.176. The molecule has 2 heterocycles. The summed E-state index contributed by atoms with van der Waals surface area (Å²) >= 11 is 0. The van der Waals surface area contributed by atoms with Crippen LogP contribution in [0.3, 0.4) is 0 Å². The van der Waals surface area contributed by atoms with Crippen molar-refractivity contribution in [1.29, 1.82) is 0 Å². The predicted molar refractivity (Wildman–Crippen MR) is 131 cm³/mol. The van der Waals surface area contributed by atoms with Gasteiger partial charge >= 0.3 is 23.5 Å². The molecule has 0 radical (unpaired) electrons. The van der Waals surface area contributed by atoms with Crippen molar-refractivity contribution in [2.24, 2.45) is 14.1 Å². The Balaban J connectivity index is 1.36. The van der Waals surface area contributed by atoms with E-state index in [-0.39, 0.29) is 11.8 Å². The lowest BCUT2D eigenvalue weighted by molar-refractivity contribution is -0.672. The molecule has 2 aromatic carbocycles. The van der Waals surface area contributed by atoms with E-state index in [2.05, 4.69) is 10.6 Å². The maximum atomic E-state index is 12.7. The van der Waals surface area contributed by atoms with Gasteiger partial charge in [0, 0.05) is 11.4 Å². The van der Waals surface area contributed by atoms with E-state index in [0.717, 1.165) is 0 Å². The summed E-state index contributed by atoms with van der Waals surface area (Å²) in [6.45, 7) is 5.41. The van der Waals surface area contributed by atoms with Crippen LogP contribution in [0.15, 0.2) is 73.3 Å². The Bertz CT molecular complexity index is 1230. The number of imidazole rings is 2. The van der Waals surface area contributed by atoms with Gasteiger partial charge in [-0.3, -0.25) is 9.59 Å². The average molecular weight is 475 g/mol. The standard InChI is InChI=1S/C26H28N6O3/c1-5-31-17-15-29(3)25(31)23(33)27-19-7-11-21(12-8-19)35-22-13-9-20(10-14-22)28-24(34)26-30(4)16-18-32(26)6-2/h7-18H,5-6H2,1-4H3/p+2. The Morgan fingerprint density at radius 2 is 1.09 bits per heavy atom. The van der Waals surface area contributed by atoms with Gasteiger partial charge in [-0.1, -0.05) is 0 Å². The Hall–Kier alpha value is -4.40. The van der Waals surface area contributed by atoms with E-state index >= 15 is 0 Å². The molecule has 4 rings (SSSR count). The van der Waals surface area contributed by atoms with Crippen LogP contribution in [0.2, 0.25) is 0 Å². The molecule has 0 spiro atoms. The number of amides is 2. The molecule has 180 valence electrons. The summed E-state index contributed by atoms with van der Waals surface area (Å²) in [5.74, 6) is 2.08. The largest absolute Gasteiger partial charge is 0.457 e. The van der Waals surface area contributed by atoms with Crippen molar-refractivity contribution in [3.05, 3.63) is 85.0 Å². The molecule has 9 nitrogen and oxygen atoms in total. The number of aromatic nitrogens is 4. The molecule has 0 aliphatic carbocycles. The quantitative estimate of drug-likeness (QED) is 0.385. The van der Waals surface area contributed by atoms with Gasteiger partial charge in [0.25, 0.3) is 0 Å². The third-order valence-corrected chi connectivity index (χ3v) is 5.70. The minimum Gasteiger partial charge on any atom is -0.457 e. The van der Waals surface area contributed by atoms with Crippen LogP contribution in [0.5, 0.6) is 11.5 Å². The molecule has 9 heteroatoms. The average Bonchev–Trinajstić information content (AvgIpc) is 3.43. The predicted octanol–water partition coefficient (Wildman–Crippen LogP) is 3.28. The van der Waals surface area contributed by atoms with Crippen LogP contribution in [0, 0.1) is 0 Å². The highest BCUT2D eigenvalue weighted by Crippen LogP contribution is 2.24. The molecule has 0 aliphatic heterocycles. The fourth-order valence-electron chi connectivity index (χ4n) is 3.86.